The molecule has 0 aliphatic rings. The zero-order valence-electron chi connectivity index (χ0n) is 20.7. The van der Waals surface area contributed by atoms with Crippen LogP contribution in [0.4, 0.5) is 5.69 Å². The maximum absolute atomic E-state index is 12.2. The van der Waals surface area contributed by atoms with Crippen molar-refractivity contribution in [3.8, 4) is 17.2 Å². The summed E-state index contributed by atoms with van der Waals surface area (Å²) in [6.45, 7) is 4.96. The standard InChI is InChI=1S/C27H26Cl2IN3O5/c1-3-36-21-9-7-20(8-10-21)32-25(34)14-26(35)33-31-15-17-11-23(30)27(24(12-17)37-4-2)38-16-18-5-6-19(28)13-22(18)29/h5-13,15H,3-4,14,16H2,1-2H3,(H,32,34)(H,33,35). The molecule has 200 valence electrons. The van der Waals surface area contributed by atoms with Crippen molar-refractivity contribution < 1.29 is 23.8 Å². The number of hydrogen-bond acceptors (Lipinski definition) is 6. The van der Waals surface area contributed by atoms with Gasteiger partial charge in [0.2, 0.25) is 11.8 Å². The summed E-state index contributed by atoms with van der Waals surface area (Å²) in [5.74, 6) is 0.768. The van der Waals surface area contributed by atoms with Gasteiger partial charge >= 0.3 is 0 Å². The SMILES string of the molecule is CCOc1ccc(NC(=O)CC(=O)NN=Cc2cc(I)c(OCc3ccc(Cl)cc3Cl)c(OCC)c2)cc1. The van der Waals surface area contributed by atoms with E-state index in [-0.39, 0.29) is 13.0 Å². The second-order valence-corrected chi connectivity index (χ2v) is 9.77. The number of rotatable bonds is 12. The molecule has 0 spiro atoms. The Balaban J connectivity index is 1.57. The predicted molar refractivity (Wildman–Crippen MR) is 158 cm³/mol. The van der Waals surface area contributed by atoms with Crippen LogP contribution in [0, 0.1) is 3.57 Å². The molecule has 0 atom stereocenters. The van der Waals surface area contributed by atoms with Crippen molar-refractivity contribution in [2.75, 3.05) is 18.5 Å². The summed E-state index contributed by atoms with van der Waals surface area (Å²) in [6, 6.07) is 15.7. The van der Waals surface area contributed by atoms with Gasteiger partial charge in [0, 0.05) is 21.3 Å². The number of ether oxygens (including phenoxy) is 3. The Morgan fingerprint density at radius 3 is 2.37 bits per heavy atom. The third kappa shape index (κ3) is 9.07. The number of carbonyl (C=O) groups excluding carboxylic acids is 2. The van der Waals surface area contributed by atoms with Crippen molar-refractivity contribution in [1.82, 2.24) is 5.43 Å². The topological polar surface area (TPSA) is 98.2 Å². The number of benzene rings is 3. The third-order valence-electron chi connectivity index (χ3n) is 4.89. The number of anilines is 1. The van der Waals surface area contributed by atoms with Crippen molar-refractivity contribution >= 4 is 69.5 Å². The van der Waals surface area contributed by atoms with Gasteiger partial charge in [-0.2, -0.15) is 5.10 Å². The first-order chi connectivity index (χ1) is 18.3. The van der Waals surface area contributed by atoms with E-state index in [4.69, 9.17) is 37.4 Å². The van der Waals surface area contributed by atoms with E-state index in [9.17, 15) is 9.59 Å². The molecule has 0 heterocycles. The van der Waals surface area contributed by atoms with E-state index in [1.807, 2.05) is 19.9 Å². The highest BCUT2D eigenvalue weighted by molar-refractivity contribution is 14.1. The predicted octanol–water partition coefficient (Wildman–Crippen LogP) is 6.45. The van der Waals surface area contributed by atoms with Crippen LogP contribution in [0.2, 0.25) is 10.0 Å². The molecule has 0 radical (unpaired) electrons. The van der Waals surface area contributed by atoms with Gasteiger partial charge in [-0.25, -0.2) is 5.43 Å². The van der Waals surface area contributed by atoms with Gasteiger partial charge in [0.1, 0.15) is 18.8 Å². The molecular formula is C27H26Cl2IN3O5. The summed E-state index contributed by atoms with van der Waals surface area (Å²) < 4.78 is 17.9. The Bertz CT molecular complexity index is 1300. The van der Waals surface area contributed by atoms with Crippen LogP contribution in [0.1, 0.15) is 31.4 Å². The Morgan fingerprint density at radius 2 is 1.68 bits per heavy atom. The largest absolute Gasteiger partial charge is 0.494 e. The molecule has 3 aromatic carbocycles. The van der Waals surface area contributed by atoms with E-state index < -0.39 is 11.8 Å². The minimum absolute atomic E-state index is 0.230. The van der Waals surface area contributed by atoms with Crippen molar-refractivity contribution in [2.24, 2.45) is 5.10 Å². The van der Waals surface area contributed by atoms with Gasteiger partial charge in [0.05, 0.1) is 23.0 Å². The van der Waals surface area contributed by atoms with Crippen LogP contribution in [0.3, 0.4) is 0 Å². The summed E-state index contributed by atoms with van der Waals surface area (Å²) in [5, 5.41) is 7.69. The molecule has 3 rings (SSSR count). The second kappa shape index (κ2) is 14.8. The quantitative estimate of drug-likeness (QED) is 0.1000. The minimum Gasteiger partial charge on any atom is -0.494 e. The molecule has 38 heavy (non-hydrogen) atoms. The van der Waals surface area contributed by atoms with Gasteiger partial charge in [0.15, 0.2) is 11.5 Å². The third-order valence-corrected chi connectivity index (χ3v) is 6.28. The highest BCUT2D eigenvalue weighted by Gasteiger charge is 2.14. The number of nitrogens with zero attached hydrogens (tertiary/aromatic N) is 1. The van der Waals surface area contributed by atoms with Gasteiger partial charge in [-0.15, -0.1) is 0 Å². The van der Waals surface area contributed by atoms with Crippen LogP contribution < -0.4 is 25.0 Å². The van der Waals surface area contributed by atoms with Gasteiger partial charge in [-0.1, -0.05) is 29.3 Å². The molecule has 0 bridgehead atoms. The van der Waals surface area contributed by atoms with Crippen LogP contribution in [0.15, 0.2) is 59.7 Å². The average molecular weight is 670 g/mol. The second-order valence-electron chi connectivity index (χ2n) is 7.76. The number of halogens is 3. The highest BCUT2D eigenvalue weighted by Crippen LogP contribution is 2.35. The maximum atomic E-state index is 12.2. The molecular weight excluding hydrogens is 644 g/mol. The fraction of sp³-hybridized carbons (Fsp3) is 0.222. The van der Waals surface area contributed by atoms with Gasteiger partial charge in [-0.3, -0.25) is 9.59 Å². The van der Waals surface area contributed by atoms with Crippen LogP contribution in [0.5, 0.6) is 17.2 Å². The molecule has 11 heteroatoms. The molecule has 0 aromatic heterocycles. The van der Waals surface area contributed by atoms with Crippen molar-refractivity contribution in [3.05, 3.63) is 79.3 Å². The van der Waals surface area contributed by atoms with Crippen LogP contribution >= 0.6 is 45.8 Å². The summed E-state index contributed by atoms with van der Waals surface area (Å²) in [7, 11) is 0. The molecule has 0 unspecified atom stereocenters. The summed E-state index contributed by atoms with van der Waals surface area (Å²) in [6.07, 6.45) is 1.08. The molecule has 0 fully saturated rings. The summed E-state index contributed by atoms with van der Waals surface area (Å²) in [5.41, 5.74) is 4.39. The Hall–Kier alpha value is -3.02. The number of nitrogens with one attached hydrogen (secondary N) is 2. The molecule has 3 aromatic rings. The lowest BCUT2D eigenvalue weighted by Gasteiger charge is -2.15. The first-order valence-electron chi connectivity index (χ1n) is 11.7. The molecule has 0 aliphatic heterocycles. The molecule has 8 nitrogen and oxygen atoms in total. The van der Waals surface area contributed by atoms with Crippen LogP contribution in [0.25, 0.3) is 0 Å². The number of hydrazone groups is 1. The highest BCUT2D eigenvalue weighted by atomic mass is 127. The van der Waals surface area contributed by atoms with Crippen molar-refractivity contribution in [2.45, 2.75) is 26.9 Å². The smallest absolute Gasteiger partial charge is 0.249 e. The monoisotopic (exact) mass is 669 g/mol. The number of hydrogen-bond donors (Lipinski definition) is 2. The first-order valence-corrected chi connectivity index (χ1v) is 13.5. The van der Waals surface area contributed by atoms with Gasteiger partial charge < -0.3 is 19.5 Å². The Kier molecular flexibility index (Phi) is 11.5. The van der Waals surface area contributed by atoms with Crippen molar-refractivity contribution in [1.29, 1.82) is 0 Å². The van der Waals surface area contributed by atoms with Crippen LogP contribution in [-0.4, -0.2) is 31.2 Å². The van der Waals surface area contributed by atoms with Gasteiger partial charge in [0.25, 0.3) is 0 Å². The van der Waals surface area contributed by atoms with E-state index in [1.165, 1.54) is 6.21 Å². The van der Waals surface area contributed by atoms with E-state index in [1.54, 1.807) is 48.5 Å². The fourth-order valence-corrected chi connectivity index (χ4v) is 4.47. The zero-order valence-corrected chi connectivity index (χ0v) is 24.4. The first kappa shape index (κ1) is 29.5. The molecule has 0 saturated carbocycles. The van der Waals surface area contributed by atoms with E-state index in [0.717, 1.165) is 9.13 Å². The average Bonchev–Trinajstić information content (AvgIpc) is 2.86. The van der Waals surface area contributed by atoms with Crippen LogP contribution in [-0.2, 0) is 16.2 Å². The Morgan fingerprint density at radius 1 is 0.947 bits per heavy atom. The van der Waals surface area contributed by atoms with Gasteiger partial charge in [-0.05, 0) is 90.5 Å². The van der Waals surface area contributed by atoms with E-state index in [2.05, 4.69) is 38.4 Å². The van der Waals surface area contributed by atoms with Crippen molar-refractivity contribution in [3.63, 3.8) is 0 Å². The minimum atomic E-state index is -0.552. The lowest BCUT2D eigenvalue weighted by Crippen LogP contribution is -2.24. The molecule has 2 N–H and O–H groups in total. The zero-order chi connectivity index (χ0) is 27.5. The number of carbonyl (C=O) groups is 2. The van der Waals surface area contributed by atoms with E-state index >= 15 is 0 Å². The normalized spacial score (nSPS) is 10.8. The summed E-state index contributed by atoms with van der Waals surface area (Å²) in [4.78, 5) is 24.3. The fourth-order valence-electron chi connectivity index (χ4n) is 3.22. The lowest BCUT2D eigenvalue weighted by molar-refractivity contribution is -0.126. The Labute approximate surface area is 244 Å². The molecule has 2 amide bonds. The van der Waals surface area contributed by atoms with E-state index in [0.29, 0.717) is 51.8 Å². The molecule has 0 saturated heterocycles. The lowest BCUT2D eigenvalue weighted by atomic mass is 10.2. The number of amides is 2. The molecule has 0 aliphatic carbocycles. The maximum Gasteiger partial charge on any atom is 0.249 e. The summed E-state index contributed by atoms with van der Waals surface area (Å²) >= 11 is 14.4.